The van der Waals surface area contributed by atoms with E-state index >= 15 is 0 Å². The van der Waals surface area contributed by atoms with Crippen LogP contribution in [-0.4, -0.2) is 28.2 Å². The quantitative estimate of drug-likeness (QED) is 0.869. The molecule has 1 N–H and O–H groups in total. The second-order valence-corrected chi connectivity index (χ2v) is 5.19. The van der Waals surface area contributed by atoms with Crippen molar-refractivity contribution in [1.82, 2.24) is 15.1 Å². The predicted molar refractivity (Wildman–Crippen MR) is 71.6 cm³/mol. The normalized spacial score (nSPS) is 21.8. The summed E-state index contributed by atoms with van der Waals surface area (Å²) in [7, 11) is 0. The van der Waals surface area contributed by atoms with E-state index in [1.165, 1.54) is 6.42 Å². The molecule has 18 heavy (non-hydrogen) atoms. The van der Waals surface area contributed by atoms with E-state index < -0.39 is 0 Å². The van der Waals surface area contributed by atoms with Crippen molar-refractivity contribution in [2.45, 2.75) is 58.0 Å². The Morgan fingerprint density at radius 1 is 1.61 bits per heavy atom. The summed E-state index contributed by atoms with van der Waals surface area (Å²) in [5.74, 6) is 0.282. The Kier molecular flexibility index (Phi) is 4.53. The van der Waals surface area contributed by atoms with Gasteiger partial charge in [0.1, 0.15) is 0 Å². The van der Waals surface area contributed by atoms with Crippen molar-refractivity contribution in [3.63, 3.8) is 0 Å². The molecule has 1 aliphatic heterocycles. The topological polar surface area (TPSA) is 46.9 Å². The number of rotatable bonds is 5. The lowest BCUT2D eigenvalue weighted by molar-refractivity contribution is -0.121. The van der Waals surface area contributed by atoms with Crippen LogP contribution in [0.4, 0.5) is 0 Å². The van der Waals surface area contributed by atoms with Gasteiger partial charge in [0.25, 0.3) is 0 Å². The average molecular weight is 249 g/mol. The van der Waals surface area contributed by atoms with Gasteiger partial charge in [-0.05, 0) is 38.8 Å². The van der Waals surface area contributed by atoms with E-state index in [0.29, 0.717) is 12.5 Å². The van der Waals surface area contributed by atoms with E-state index in [2.05, 4.69) is 24.3 Å². The van der Waals surface area contributed by atoms with Gasteiger partial charge in [0, 0.05) is 12.2 Å². The molecule has 100 valence electrons. The molecular weight excluding hydrogens is 226 g/mol. The van der Waals surface area contributed by atoms with Crippen molar-refractivity contribution in [1.29, 1.82) is 0 Å². The van der Waals surface area contributed by atoms with Crippen molar-refractivity contribution in [2.24, 2.45) is 0 Å². The Morgan fingerprint density at radius 2 is 2.44 bits per heavy atom. The molecule has 0 radical (unpaired) electrons. The van der Waals surface area contributed by atoms with Crippen LogP contribution in [-0.2, 0) is 11.2 Å². The van der Waals surface area contributed by atoms with Crippen LogP contribution in [0, 0.1) is 0 Å². The molecule has 1 aliphatic rings. The van der Waals surface area contributed by atoms with Gasteiger partial charge in [-0.2, -0.15) is 5.10 Å². The Balaban J connectivity index is 1.92. The van der Waals surface area contributed by atoms with E-state index in [4.69, 9.17) is 0 Å². The maximum atomic E-state index is 12.1. The number of hydrogen-bond donors (Lipinski definition) is 1. The van der Waals surface area contributed by atoms with Gasteiger partial charge >= 0.3 is 0 Å². The van der Waals surface area contributed by atoms with Gasteiger partial charge in [0.05, 0.1) is 18.2 Å². The fourth-order valence-electron chi connectivity index (χ4n) is 2.33. The molecule has 1 aromatic rings. The number of carbonyl (C=O) groups excluding carboxylic acids is 1. The number of piperidine rings is 1. The van der Waals surface area contributed by atoms with Crippen LogP contribution in [0.1, 0.15) is 51.3 Å². The van der Waals surface area contributed by atoms with Crippen molar-refractivity contribution in [3.8, 4) is 0 Å². The predicted octanol–water partition coefficient (Wildman–Crippen LogP) is 2.11. The zero-order valence-corrected chi connectivity index (χ0v) is 11.4. The van der Waals surface area contributed by atoms with Gasteiger partial charge in [0.2, 0.25) is 0 Å². The SMILES string of the molecule is CCC(C)n1ccc(CC(=O)C2CCCCN2)n1. The maximum absolute atomic E-state index is 12.1. The van der Waals surface area contributed by atoms with Crippen LogP contribution < -0.4 is 5.32 Å². The number of hydrogen-bond acceptors (Lipinski definition) is 3. The van der Waals surface area contributed by atoms with Gasteiger partial charge in [0.15, 0.2) is 5.78 Å². The minimum Gasteiger partial charge on any atom is -0.307 e. The van der Waals surface area contributed by atoms with Gasteiger partial charge in [-0.15, -0.1) is 0 Å². The fourth-order valence-corrected chi connectivity index (χ4v) is 2.33. The molecule has 2 atom stereocenters. The van der Waals surface area contributed by atoms with Crippen molar-refractivity contribution in [2.75, 3.05) is 6.54 Å². The van der Waals surface area contributed by atoms with E-state index in [1.807, 2.05) is 16.9 Å². The summed E-state index contributed by atoms with van der Waals surface area (Å²) in [5.41, 5.74) is 0.896. The summed E-state index contributed by atoms with van der Waals surface area (Å²) in [6.45, 7) is 5.25. The minimum absolute atomic E-state index is 0.0486. The van der Waals surface area contributed by atoms with Crippen molar-refractivity contribution < 1.29 is 4.79 Å². The largest absolute Gasteiger partial charge is 0.307 e. The van der Waals surface area contributed by atoms with Crippen molar-refractivity contribution >= 4 is 5.78 Å². The smallest absolute Gasteiger partial charge is 0.155 e. The number of Topliss-reactive ketones (excluding diaryl/α,β-unsaturated/α-hetero) is 1. The van der Waals surface area contributed by atoms with Crippen LogP contribution in [0.2, 0.25) is 0 Å². The number of nitrogens with zero attached hydrogens (tertiary/aromatic N) is 2. The third-order valence-corrected chi connectivity index (χ3v) is 3.76. The molecule has 1 aromatic heterocycles. The van der Waals surface area contributed by atoms with E-state index in [-0.39, 0.29) is 11.8 Å². The highest BCUT2D eigenvalue weighted by Crippen LogP contribution is 2.12. The first-order chi connectivity index (χ1) is 8.70. The number of aromatic nitrogens is 2. The minimum atomic E-state index is 0.0486. The van der Waals surface area contributed by atoms with Gasteiger partial charge in [-0.3, -0.25) is 9.48 Å². The molecule has 4 heteroatoms. The fraction of sp³-hybridized carbons (Fsp3) is 0.714. The molecule has 0 amide bonds. The van der Waals surface area contributed by atoms with E-state index in [1.54, 1.807) is 0 Å². The van der Waals surface area contributed by atoms with Crippen LogP contribution >= 0.6 is 0 Å². The molecule has 0 saturated carbocycles. The first-order valence-corrected chi connectivity index (χ1v) is 7.01. The maximum Gasteiger partial charge on any atom is 0.155 e. The molecule has 0 bridgehead atoms. The summed E-state index contributed by atoms with van der Waals surface area (Å²) < 4.78 is 1.96. The highest BCUT2D eigenvalue weighted by atomic mass is 16.1. The molecular formula is C14H23N3O. The Labute approximate surface area is 109 Å². The molecule has 2 unspecified atom stereocenters. The van der Waals surface area contributed by atoms with Gasteiger partial charge in [-0.25, -0.2) is 0 Å². The number of nitrogens with one attached hydrogen (secondary N) is 1. The molecule has 2 heterocycles. The number of ketones is 1. The molecule has 0 aliphatic carbocycles. The average Bonchev–Trinajstić information content (AvgIpc) is 2.87. The molecule has 0 aromatic carbocycles. The Hall–Kier alpha value is -1.16. The highest BCUT2D eigenvalue weighted by molar-refractivity contribution is 5.85. The zero-order valence-electron chi connectivity index (χ0n) is 11.4. The summed E-state index contributed by atoms with van der Waals surface area (Å²) in [6, 6.07) is 2.42. The first kappa shape index (κ1) is 13.3. The lowest BCUT2D eigenvalue weighted by Gasteiger charge is -2.21. The second kappa shape index (κ2) is 6.14. The third-order valence-electron chi connectivity index (χ3n) is 3.76. The number of carbonyl (C=O) groups is 1. The van der Waals surface area contributed by atoms with Crippen LogP contribution in [0.3, 0.4) is 0 Å². The van der Waals surface area contributed by atoms with E-state index in [9.17, 15) is 4.79 Å². The molecule has 2 rings (SSSR count). The van der Waals surface area contributed by atoms with Crippen LogP contribution in [0.5, 0.6) is 0 Å². The van der Waals surface area contributed by atoms with E-state index in [0.717, 1.165) is 31.5 Å². The lowest BCUT2D eigenvalue weighted by Crippen LogP contribution is -2.41. The summed E-state index contributed by atoms with van der Waals surface area (Å²) in [4.78, 5) is 12.1. The van der Waals surface area contributed by atoms with Gasteiger partial charge in [-0.1, -0.05) is 13.3 Å². The van der Waals surface area contributed by atoms with Crippen LogP contribution in [0.25, 0.3) is 0 Å². The Morgan fingerprint density at radius 3 is 3.11 bits per heavy atom. The Bertz CT molecular complexity index is 393. The lowest BCUT2D eigenvalue weighted by atomic mass is 9.98. The summed E-state index contributed by atoms with van der Waals surface area (Å²) in [6.07, 6.45) is 6.81. The third kappa shape index (κ3) is 3.19. The van der Waals surface area contributed by atoms with Gasteiger partial charge < -0.3 is 5.32 Å². The first-order valence-electron chi connectivity index (χ1n) is 7.01. The van der Waals surface area contributed by atoms with Crippen molar-refractivity contribution in [3.05, 3.63) is 18.0 Å². The molecule has 0 spiro atoms. The highest BCUT2D eigenvalue weighted by Gasteiger charge is 2.21. The molecule has 1 fully saturated rings. The molecule has 1 saturated heterocycles. The van der Waals surface area contributed by atoms with Crippen LogP contribution in [0.15, 0.2) is 12.3 Å². The zero-order chi connectivity index (χ0) is 13.0. The summed E-state index contributed by atoms with van der Waals surface area (Å²) >= 11 is 0. The standard InChI is InChI=1S/C14H23N3O/c1-3-11(2)17-9-7-12(16-17)10-14(18)13-6-4-5-8-15-13/h7,9,11,13,15H,3-6,8,10H2,1-2H3. The summed E-state index contributed by atoms with van der Waals surface area (Å²) in [5, 5.41) is 7.78. The molecule has 4 nitrogen and oxygen atoms in total. The monoisotopic (exact) mass is 249 g/mol. The second-order valence-electron chi connectivity index (χ2n) is 5.19.